The fraction of sp³-hybridized carbons (Fsp3) is 0.424. The molecule has 2 N–H and O–H groups in total. The molecule has 5 aromatic rings. The van der Waals surface area contributed by atoms with Gasteiger partial charge in [-0.05, 0) is 50.9 Å². The zero-order chi connectivity index (χ0) is 35.3. The highest BCUT2D eigenvalue weighted by Crippen LogP contribution is 2.48. The minimum absolute atomic E-state index is 0.00221. The van der Waals surface area contributed by atoms with E-state index in [-0.39, 0.29) is 75.6 Å². The van der Waals surface area contributed by atoms with Crippen molar-refractivity contribution in [1.29, 1.82) is 5.26 Å². The number of aromatic nitrogens is 5. The molecule has 6 heterocycles. The van der Waals surface area contributed by atoms with Gasteiger partial charge in [-0.1, -0.05) is 11.3 Å². The van der Waals surface area contributed by atoms with E-state index in [1.165, 1.54) is 0 Å². The summed E-state index contributed by atoms with van der Waals surface area (Å²) < 4.78 is 99.4. The third-order valence-corrected chi connectivity index (χ3v) is 11.2. The van der Waals surface area contributed by atoms with Crippen molar-refractivity contribution < 1.29 is 31.1 Å². The molecule has 3 aliphatic heterocycles. The highest BCUT2D eigenvalue weighted by Gasteiger charge is 2.49. The van der Waals surface area contributed by atoms with Gasteiger partial charge in [0.1, 0.15) is 41.0 Å². The van der Waals surface area contributed by atoms with E-state index in [9.17, 15) is 14.0 Å². The third-order valence-electron chi connectivity index (χ3n) is 10.2. The molecule has 0 bridgehead atoms. The molecule has 2 aromatic carbocycles. The molecular formula is C33H29F6N9OS. The van der Waals surface area contributed by atoms with Gasteiger partial charge in [0, 0.05) is 35.3 Å². The lowest BCUT2D eigenvalue weighted by Crippen LogP contribution is -2.44. The first-order chi connectivity index (χ1) is 23.8. The van der Waals surface area contributed by atoms with Crippen LogP contribution in [0.25, 0.3) is 32.1 Å². The van der Waals surface area contributed by atoms with Gasteiger partial charge in [0.05, 0.1) is 45.8 Å². The number of nitrogens with two attached hydrogens (primary N) is 1. The number of benzene rings is 2. The second-order valence-corrected chi connectivity index (χ2v) is 14.3. The Bertz CT molecular complexity index is 2250. The Kier molecular flexibility index (Phi) is 7.43. The Morgan fingerprint density at radius 3 is 2.76 bits per heavy atom. The zero-order valence-electron chi connectivity index (χ0n) is 26.8. The molecule has 50 heavy (non-hydrogen) atoms. The SMILES string of the molecule is Cc1nnn2c1CN(c1nc(OCC34CCCN3CC(F)C4)nc3c(F)c(-c4ccc(F)c5sc(N)c(C#N)c45)c(C(F)(F)F)cc13)C(C)C2. The van der Waals surface area contributed by atoms with Crippen molar-refractivity contribution in [2.45, 2.75) is 70.1 Å². The maximum absolute atomic E-state index is 17.1. The molecule has 3 atom stereocenters. The molecule has 3 aliphatic rings. The number of ether oxygens (including phenoxy) is 1. The summed E-state index contributed by atoms with van der Waals surface area (Å²) in [4.78, 5) is 12.7. The van der Waals surface area contributed by atoms with Gasteiger partial charge in [-0.2, -0.15) is 28.4 Å². The second kappa shape index (κ2) is 11.4. The van der Waals surface area contributed by atoms with E-state index >= 15 is 17.6 Å². The summed E-state index contributed by atoms with van der Waals surface area (Å²) in [6.45, 7) is 5.02. The first-order valence-corrected chi connectivity index (χ1v) is 16.8. The van der Waals surface area contributed by atoms with Crippen LogP contribution in [0.3, 0.4) is 0 Å². The smallest absolute Gasteiger partial charge is 0.417 e. The second-order valence-electron chi connectivity index (χ2n) is 13.2. The Labute approximate surface area is 285 Å². The van der Waals surface area contributed by atoms with Crippen LogP contribution in [0.1, 0.15) is 48.7 Å². The lowest BCUT2D eigenvalue weighted by molar-refractivity contribution is -0.137. The number of nitrogens with zero attached hydrogens (tertiary/aromatic N) is 8. The molecule has 0 radical (unpaired) electrons. The van der Waals surface area contributed by atoms with Crippen molar-refractivity contribution in [3.05, 3.63) is 52.3 Å². The quantitative estimate of drug-likeness (QED) is 0.203. The van der Waals surface area contributed by atoms with Gasteiger partial charge >= 0.3 is 12.2 Å². The molecule has 0 aliphatic carbocycles. The normalized spacial score (nSPS) is 22.3. The molecule has 8 rings (SSSR count). The van der Waals surface area contributed by atoms with Crippen LogP contribution in [0.5, 0.6) is 6.01 Å². The molecule has 2 fully saturated rings. The van der Waals surface area contributed by atoms with Crippen LogP contribution in [0.15, 0.2) is 18.2 Å². The van der Waals surface area contributed by atoms with E-state index in [2.05, 4.69) is 20.3 Å². The van der Waals surface area contributed by atoms with E-state index in [1.807, 2.05) is 17.9 Å². The number of nitriles is 1. The number of aryl methyl sites for hydroxylation is 1. The number of fused-ring (bicyclic) bond motifs is 4. The van der Waals surface area contributed by atoms with Crippen molar-refractivity contribution in [2.75, 3.05) is 30.3 Å². The maximum atomic E-state index is 17.1. The van der Waals surface area contributed by atoms with Crippen molar-refractivity contribution >= 4 is 43.1 Å². The molecule has 0 amide bonds. The molecule has 3 aromatic heterocycles. The number of alkyl halides is 4. The van der Waals surface area contributed by atoms with Crippen LogP contribution >= 0.6 is 11.3 Å². The van der Waals surface area contributed by atoms with Gasteiger partial charge in [0.2, 0.25) is 0 Å². The fourth-order valence-corrected chi connectivity index (χ4v) is 8.78. The van der Waals surface area contributed by atoms with Crippen molar-refractivity contribution in [2.24, 2.45) is 0 Å². The van der Waals surface area contributed by atoms with Gasteiger partial charge in [-0.15, -0.1) is 16.4 Å². The zero-order valence-corrected chi connectivity index (χ0v) is 27.6. The number of thiophene rings is 1. The number of rotatable bonds is 5. The summed E-state index contributed by atoms with van der Waals surface area (Å²) in [5.41, 5.74) is 3.31. The standard InChI is InChI=1S/C33H29F6N9OS/c1-15-11-48-23(16(2)44-45-48)13-47(15)30-19-8-21(33(37,38)39)25(18-4-5-22(35)28-24(18)20(10-40)29(41)50-28)26(36)27(19)42-31(43-30)49-14-32-6-3-7-46(32)12-17(34)9-32/h4-5,8,15,17H,3,6-7,9,11-14,41H2,1-2H3. The van der Waals surface area contributed by atoms with Gasteiger partial charge in [0.25, 0.3) is 0 Å². The number of anilines is 2. The number of hydrogen-bond donors (Lipinski definition) is 1. The fourth-order valence-electron chi connectivity index (χ4n) is 7.83. The van der Waals surface area contributed by atoms with Crippen molar-refractivity contribution in [1.82, 2.24) is 29.9 Å². The molecule has 17 heteroatoms. The average molecular weight is 714 g/mol. The van der Waals surface area contributed by atoms with Gasteiger partial charge in [-0.25, -0.2) is 17.9 Å². The van der Waals surface area contributed by atoms with Crippen LogP contribution in [0.4, 0.5) is 37.2 Å². The van der Waals surface area contributed by atoms with E-state index < -0.39 is 46.2 Å². The topological polar surface area (TPSA) is 122 Å². The molecule has 0 saturated carbocycles. The van der Waals surface area contributed by atoms with Crippen LogP contribution < -0.4 is 15.4 Å². The van der Waals surface area contributed by atoms with Crippen LogP contribution in [0, 0.1) is 29.9 Å². The van der Waals surface area contributed by atoms with Gasteiger partial charge in [-0.3, -0.25) is 4.90 Å². The molecule has 3 unspecified atom stereocenters. The van der Waals surface area contributed by atoms with Crippen LogP contribution in [-0.4, -0.2) is 67.3 Å². The summed E-state index contributed by atoms with van der Waals surface area (Å²) in [7, 11) is 0. The molecule has 10 nitrogen and oxygen atoms in total. The summed E-state index contributed by atoms with van der Waals surface area (Å²) in [6.07, 6.45) is -4.39. The highest BCUT2D eigenvalue weighted by atomic mass is 32.1. The van der Waals surface area contributed by atoms with E-state index in [0.29, 0.717) is 42.2 Å². The minimum atomic E-state index is -5.10. The summed E-state index contributed by atoms with van der Waals surface area (Å²) >= 11 is 0.689. The molecular weight excluding hydrogens is 684 g/mol. The van der Waals surface area contributed by atoms with E-state index in [1.54, 1.807) is 16.5 Å². The minimum Gasteiger partial charge on any atom is -0.461 e. The average Bonchev–Trinajstić information content (AvgIpc) is 3.80. The Morgan fingerprint density at radius 2 is 2.00 bits per heavy atom. The Balaban J connectivity index is 1.37. The summed E-state index contributed by atoms with van der Waals surface area (Å²) in [5, 5.41) is 17.6. The first kappa shape index (κ1) is 32.5. The molecule has 0 spiro atoms. The number of halogens is 6. The van der Waals surface area contributed by atoms with Gasteiger partial charge < -0.3 is 15.4 Å². The van der Waals surface area contributed by atoms with Gasteiger partial charge in [0.15, 0.2) is 5.82 Å². The largest absolute Gasteiger partial charge is 0.461 e. The lowest BCUT2D eigenvalue weighted by Gasteiger charge is -2.35. The maximum Gasteiger partial charge on any atom is 0.417 e. The number of nitrogen functional groups attached to an aromatic ring is 1. The van der Waals surface area contributed by atoms with E-state index in [4.69, 9.17) is 10.5 Å². The Morgan fingerprint density at radius 1 is 1.20 bits per heavy atom. The monoisotopic (exact) mass is 713 g/mol. The first-order valence-electron chi connectivity index (χ1n) is 16.0. The summed E-state index contributed by atoms with van der Waals surface area (Å²) in [5.74, 6) is -2.18. The summed E-state index contributed by atoms with van der Waals surface area (Å²) in [6, 6.07) is 3.88. The Hall–Kier alpha value is -4.69. The van der Waals surface area contributed by atoms with Crippen LogP contribution in [0.2, 0.25) is 0 Å². The lowest BCUT2D eigenvalue weighted by atomic mass is 9.92. The predicted molar refractivity (Wildman–Crippen MR) is 173 cm³/mol. The van der Waals surface area contributed by atoms with Crippen molar-refractivity contribution in [3.8, 4) is 23.2 Å². The highest BCUT2D eigenvalue weighted by molar-refractivity contribution is 7.23. The number of hydrogen-bond acceptors (Lipinski definition) is 10. The predicted octanol–water partition coefficient (Wildman–Crippen LogP) is 6.53. The van der Waals surface area contributed by atoms with E-state index in [0.717, 1.165) is 24.6 Å². The van der Waals surface area contributed by atoms with Crippen molar-refractivity contribution in [3.63, 3.8) is 0 Å². The van der Waals surface area contributed by atoms with Crippen LogP contribution in [-0.2, 0) is 19.3 Å². The molecule has 260 valence electrons. The third kappa shape index (κ3) is 4.94. The molecule has 2 saturated heterocycles.